The number of methoxy groups -OCH3 is 1. The summed E-state index contributed by atoms with van der Waals surface area (Å²) in [6, 6.07) is 9.95. The molecular formula is C13H18N2O. The lowest BCUT2D eigenvalue weighted by atomic mass is 9.97. The molecule has 3 heteroatoms. The van der Waals surface area contributed by atoms with Gasteiger partial charge in [0.1, 0.15) is 11.3 Å². The second kappa shape index (κ2) is 5.41. The zero-order valence-electron chi connectivity index (χ0n) is 10.1. The van der Waals surface area contributed by atoms with Crippen molar-refractivity contribution in [3.63, 3.8) is 0 Å². The molecule has 0 fully saturated rings. The van der Waals surface area contributed by atoms with Gasteiger partial charge < -0.3 is 10.1 Å². The van der Waals surface area contributed by atoms with Gasteiger partial charge in [0.25, 0.3) is 0 Å². The van der Waals surface area contributed by atoms with Gasteiger partial charge in [0, 0.05) is 0 Å². The average molecular weight is 218 g/mol. The Bertz CT molecular complexity index is 384. The van der Waals surface area contributed by atoms with E-state index in [2.05, 4.69) is 18.3 Å². The molecule has 0 saturated carbocycles. The molecular weight excluding hydrogens is 200 g/mol. The Morgan fingerprint density at radius 3 is 2.69 bits per heavy atom. The SMILES string of the molecule is CCCC(C)(C#N)Nc1ccccc1OC. The molecule has 1 rings (SSSR count). The van der Waals surface area contributed by atoms with E-state index in [1.807, 2.05) is 31.2 Å². The first kappa shape index (κ1) is 12.4. The molecule has 0 aliphatic rings. The maximum atomic E-state index is 9.19. The zero-order valence-corrected chi connectivity index (χ0v) is 10.1. The van der Waals surface area contributed by atoms with Crippen LogP contribution in [0.25, 0.3) is 0 Å². The lowest BCUT2D eigenvalue weighted by Crippen LogP contribution is -2.32. The number of nitriles is 1. The molecule has 1 aromatic rings. The van der Waals surface area contributed by atoms with Crippen molar-refractivity contribution >= 4 is 5.69 Å². The Kier molecular flexibility index (Phi) is 4.19. The average Bonchev–Trinajstić information content (AvgIpc) is 2.30. The number of nitrogens with one attached hydrogen (secondary N) is 1. The molecule has 0 radical (unpaired) electrons. The van der Waals surface area contributed by atoms with Crippen molar-refractivity contribution in [3.05, 3.63) is 24.3 Å². The van der Waals surface area contributed by atoms with Gasteiger partial charge >= 0.3 is 0 Å². The molecule has 3 nitrogen and oxygen atoms in total. The molecule has 0 saturated heterocycles. The molecule has 0 aliphatic heterocycles. The van der Waals surface area contributed by atoms with Crippen molar-refractivity contribution in [2.75, 3.05) is 12.4 Å². The fourth-order valence-electron chi connectivity index (χ4n) is 1.69. The van der Waals surface area contributed by atoms with Crippen LogP contribution in [0.5, 0.6) is 5.75 Å². The van der Waals surface area contributed by atoms with Crippen molar-refractivity contribution in [2.45, 2.75) is 32.2 Å². The second-order valence-corrected chi connectivity index (χ2v) is 4.02. The third kappa shape index (κ3) is 2.90. The summed E-state index contributed by atoms with van der Waals surface area (Å²) >= 11 is 0. The van der Waals surface area contributed by atoms with E-state index in [-0.39, 0.29) is 0 Å². The van der Waals surface area contributed by atoms with Gasteiger partial charge in [0.2, 0.25) is 0 Å². The topological polar surface area (TPSA) is 45.0 Å². The molecule has 0 spiro atoms. The van der Waals surface area contributed by atoms with Crippen molar-refractivity contribution in [3.8, 4) is 11.8 Å². The number of ether oxygens (including phenoxy) is 1. The Morgan fingerprint density at radius 1 is 1.44 bits per heavy atom. The van der Waals surface area contributed by atoms with Crippen LogP contribution in [0.15, 0.2) is 24.3 Å². The maximum absolute atomic E-state index is 9.19. The summed E-state index contributed by atoms with van der Waals surface area (Å²) in [6.07, 6.45) is 1.77. The zero-order chi connectivity index (χ0) is 12.0. The lowest BCUT2D eigenvalue weighted by molar-refractivity contribution is 0.415. The van der Waals surface area contributed by atoms with Gasteiger partial charge in [-0.15, -0.1) is 0 Å². The summed E-state index contributed by atoms with van der Waals surface area (Å²) < 4.78 is 5.24. The summed E-state index contributed by atoms with van der Waals surface area (Å²) in [6.45, 7) is 3.97. The first-order valence-electron chi connectivity index (χ1n) is 5.47. The Labute approximate surface area is 97.0 Å². The van der Waals surface area contributed by atoms with Crippen LogP contribution in [0.1, 0.15) is 26.7 Å². The molecule has 1 N–H and O–H groups in total. The highest BCUT2D eigenvalue weighted by molar-refractivity contribution is 5.58. The van der Waals surface area contributed by atoms with Crippen molar-refractivity contribution in [1.29, 1.82) is 5.26 Å². The Balaban J connectivity index is 2.90. The van der Waals surface area contributed by atoms with Crippen LogP contribution in [0.3, 0.4) is 0 Å². The van der Waals surface area contributed by atoms with E-state index in [0.717, 1.165) is 24.3 Å². The number of nitrogens with zero attached hydrogens (tertiary/aromatic N) is 1. The van der Waals surface area contributed by atoms with E-state index in [1.165, 1.54) is 0 Å². The number of benzene rings is 1. The molecule has 0 aliphatic carbocycles. The second-order valence-electron chi connectivity index (χ2n) is 4.02. The monoisotopic (exact) mass is 218 g/mol. The summed E-state index contributed by atoms with van der Waals surface area (Å²) in [5.74, 6) is 0.764. The highest BCUT2D eigenvalue weighted by Crippen LogP contribution is 2.27. The molecule has 16 heavy (non-hydrogen) atoms. The van der Waals surface area contributed by atoms with Crippen LogP contribution in [0.4, 0.5) is 5.69 Å². The van der Waals surface area contributed by atoms with E-state index in [1.54, 1.807) is 7.11 Å². The lowest BCUT2D eigenvalue weighted by Gasteiger charge is -2.25. The Hall–Kier alpha value is -1.69. The summed E-state index contributed by atoms with van der Waals surface area (Å²) in [5, 5.41) is 12.4. The van der Waals surface area contributed by atoms with Gasteiger partial charge in [-0.25, -0.2) is 0 Å². The van der Waals surface area contributed by atoms with Gasteiger partial charge in [-0.1, -0.05) is 25.5 Å². The number of anilines is 1. The molecule has 0 heterocycles. The van der Waals surface area contributed by atoms with Crippen LogP contribution >= 0.6 is 0 Å². The summed E-state index contributed by atoms with van der Waals surface area (Å²) in [7, 11) is 1.63. The fourth-order valence-corrected chi connectivity index (χ4v) is 1.69. The molecule has 0 amide bonds. The van der Waals surface area contributed by atoms with Crippen molar-refractivity contribution in [1.82, 2.24) is 0 Å². The number of hydrogen-bond donors (Lipinski definition) is 1. The quantitative estimate of drug-likeness (QED) is 0.825. The maximum Gasteiger partial charge on any atom is 0.141 e. The van der Waals surface area contributed by atoms with Crippen LogP contribution in [0.2, 0.25) is 0 Å². The first-order valence-corrected chi connectivity index (χ1v) is 5.47. The van der Waals surface area contributed by atoms with Crippen LogP contribution in [-0.2, 0) is 0 Å². The van der Waals surface area contributed by atoms with E-state index >= 15 is 0 Å². The normalized spacial score (nSPS) is 13.6. The highest BCUT2D eigenvalue weighted by atomic mass is 16.5. The predicted octanol–water partition coefficient (Wildman–Crippen LogP) is 3.19. The van der Waals surface area contributed by atoms with Crippen LogP contribution < -0.4 is 10.1 Å². The van der Waals surface area contributed by atoms with Crippen LogP contribution in [0, 0.1) is 11.3 Å². The van der Waals surface area contributed by atoms with Gasteiger partial charge in [-0.2, -0.15) is 5.26 Å². The molecule has 1 aromatic carbocycles. The van der Waals surface area contributed by atoms with Gasteiger partial charge in [-0.05, 0) is 25.5 Å². The van der Waals surface area contributed by atoms with Gasteiger partial charge in [0.15, 0.2) is 0 Å². The minimum atomic E-state index is -0.538. The van der Waals surface area contributed by atoms with Crippen molar-refractivity contribution in [2.24, 2.45) is 0 Å². The number of rotatable bonds is 5. The van der Waals surface area contributed by atoms with Gasteiger partial charge in [0.05, 0.1) is 18.9 Å². The largest absolute Gasteiger partial charge is 0.495 e. The van der Waals surface area contributed by atoms with E-state index in [0.29, 0.717) is 0 Å². The van der Waals surface area contributed by atoms with Crippen molar-refractivity contribution < 1.29 is 4.74 Å². The van der Waals surface area contributed by atoms with E-state index < -0.39 is 5.54 Å². The van der Waals surface area contributed by atoms with E-state index in [4.69, 9.17) is 4.74 Å². The third-order valence-corrected chi connectivity index (χ3v) is 2.51. The standard InChI is InChI=1S/C13H18N2O/c1-4-9-13(2,10-14)15-11-7-5-6-8-12(11)16-3/h5-8,15H,4,9H2,1-3H3. The minimum Gasteiger partial charge on any atom is -0.495 e. The van der Waals surface area contributed by atoms with E-state index in [9.17, 15) is 5.26 Å². The molecule has 0 aromatic heterocycles. The number of para-hydroxylation sites is 2. The molecule has 1 unspecified atom stereocenters. The predicted molar refractivity (Wildman–Crippen MR) is 65.5 cm³/mol. The molecule has 0 bridgehead atoms. The van der Waals surface area contributed by atoms with Crippen LogP contribution in [-0.4, -0.2) is 12.6 Å². The minimum absolute atomic E-state index is 0.538. The fraction of sp³-hybridized carbons (Fsp3) is 0.462. The first-order chi connectivity index (χ1) is 7.65. The smallest absolute Gasteiger partial charge is 0.141 e. The Morgan fingerprint density at radius 2 is 2.12 bits per heavy atom. The third-order valence-electron chi connectivity index (χ3n) is 2.51. The number of hydrogen-bond acceptors (Lipinski definition) is 3. The summed E-state index contributed by atoms with van der Waals surface area (Å²) in [4.78, 5) is 0. The molecule has 86 valence electrons. The molecule has 1 atom stereocenters. The highest BCUT2D eigenvalue weighted by Gasteiger charge is 2.23. The van der Waals surface area contributed by atoms with Gasteiger partial charge in [-0.3, -0.25) is 0 Å². The summed E-state index contributed by atoms with van der Waals surface area (Å²) in [5.41, 5.74) is 0.325.